The van der Waals surface area contributed by atoms with Crippen molar-refractivity contribution >= 4 is 187 Å². The van der Waals surface area contributed by atoms with Gasteiger partial charge in [-0.15, -0.1) is 68.0 Å². The van der Waals surface area contributed by atoms with Crippen LogP contribution in [0.2, 0.25) is 0 Å². The summed E-state index contributed by atoms with van der Waals surface area (Å²) < 4.78 is 83.4. The Morgan fingerprint density at radius 2 is 0.820 bits per heavy atom. The number of hydrogen-bond donors (Lipinski definition) is 0. The highest BCUT2D eigenvalue weighted by atomic mass is 32.1. The van der Waals surface area contributed by atoms with Crippen LogP contribution in [0, 0.1) is 70.9 Å². The van der Waals surface area contributed by atoms with E-state index in [1.165, 1.54) is 183 Å². The highest BCUT2D eigenvalue weighted by molar-refractivity contribution is 7.37. The summed E-state index contributed by atoms with van der Waals surface area (Å²) in [6.07, 6.45) is 35.2. The Bertz CT molecular complexity index is 5530. The number of thiophene rings is 6. The van der Waals surface area contributed by atoms with Gasteiger partial charge in [0.2, 0.25) is 0 Å². The number of aromatic nitrogens is 4. The number of allylic oxidation sites excluding steroid dienone is 6. The van der Waals surface area contributed by atoms with Crippen LogP contribution in [0.1, 0.15) is 261 Å². The molecule has 2 unspecified atom stereocenters. The highest BCUT2D eigenvalue weighted by Gasteiger charge is 2.38. The zero-order chi connectivity index (χ0) is 77.7. The molecule has 0 amide bonds. The molecule has 0 spiro atoms. The van der Waals surface area contributed by atoms with E-state index in [0.717, 1.165) is 172 Å². The Balaban J connectivity index is 0.980. The number of nitriles is 2. The van der Waals surface area contributed by atoms with Crippen molar-refractivity contribution in [3.05, 3.63) is 160 Å². The van der Waals surface area contributed by atoms with Crippen LogP contribution in [0.25, 0.3) is 125 Å². The van der Waals surface area contributed by atoms with Gasteiger partial charge in [0.25, 0.3) is 11.4 Å². The number of halogens is 4. The Hall–Kier alpha value is -8.22. The lowest BCUT2D eigenvalue weighted by atomic mass is 9.99. The second kappa shape index (κ2) is 35.4. The first-order valence-corrected chi connectivity index (χ1v) is 45.6. The van der Waals surface area contributed by atoms with Gasteiger partial charge in [-0.3, -0.25) is 9.59 Å². The van der Waals surface area contributed by atoms with E-state index in [4.69, 9.17) is 21.9 Å². The van der Waals surface area contributed by atoms with E-state index in [2.05, 4.69) is 72.5 Å². The summed E-state index contributed by atoms with van der Waals surface area (Å²) in [6, 6.07) is 15.6. The van der Waals surface area contributed by atoms with Gasteiger partial charge in [-0.1, -0.05) is 183 Å². The molecule has 0 N–H and O–H groups in total. The van der Waals surface area contributed by atoms with Crippen molar-refractivity contribution in [2.24, 2.45) is 11.8 Å². The summed E-state index contributed by atoms with van der Waals surface area (Å²) in [5, 5.41) is 22.7. The molecule has 2 aliphatic rings. The first kappa shape index (κ1) is 79.4. The third-order valence-corrected chi connectivity index (χ3v) is 31.0. The average molecular weight is 1620 g/mol. The van der Waals surface area contributed by atoms with Crippen LogP contribution in [-0.2, 0) is 25.9 Å². The summed E-state index contributed by atoms with van der Waals surface area (Å²) >= 11 is 11.8. The Morgan fingerprint density at radius 3 is 1.17 bits per heavy atom. The van der Waals surface area contributed by atoms with Crippen LogP contribution >= 0.6 is 79.7 Å². The lowest BCUT2D eigenvalue weighted by Crippen LogP contribution is -2.13. The number of hydrogen-bond acceptors (Lipinski definition) is 13. The third-order valence-electron chi connectivity index (χ3n) is 22.8. The standard InChI is InChI=1S/C90H90F4N8O2S7/c1-9-15-19-21-23-25-27-29-31-35-55-83(69-39-37-53(105-69)41-61-71(67(47-95)97-7)57-43-63(91)65(93)45-59(57)81(61)103)107-89-79-87(109-85(55)89)73-75-76(100-111-99-75)74-78(77(73)101(79)49-51(13-5)33-17-11-3)102(50-52(14-6)34-18-12-4)80-88(74)110-86-56(36-32-30-28-26-24-22-20-16-10-2)84(108-90(80)86)70-40-38-54(106-70)42-62-72(68(48-96)98-8)58-44-64(92)66(94)46-60(58)82(62)104/h37-46,51-52H,9-36,49-50H2,1-6H3/b61-41-,62-42-,71-67-,72-68+. The van der Waals surface area contributed by atoms with E-state index >= 15 is 0 Å². The largest absolute Gasteiger partial charge is 0.337 e. The number of fused-ring (bicyclic) bond motifs is 16. The predicted molar refractivity (Wildman–Crippen MR) is 461 cm³/mol. The second-order valence-corrected chi connectivity index (χ2v) is 36.9. The Morgan fingerprint density at radius 1 is 0.459 bits per heavy atom. The highest BCUT2D eigenvalue weighted by Crippen LogP contribution is 2.58. The normalized spacial score (nSPS) is 15.3. The monoisotopic (exact) mass is 1610 g/mol. The number of unbranched alkanes of at least 4 members (excludes halogenated alkanes) is 18. The molecule has 0 fully saturated rings. The summed E-state index contributed by atoms with van der Waals surface area (Å²) in [7, 11) is 0. The lowest BCUT2D eigenvalue weighted by Gasteiger charge is -2.20. The molecule has 3 aromatic carbocycles. The van der Waals surface area contributed by atoms with Gasteiger partial charge in [0.15, 0.2) is 34.8 Å². The molecule has 0 saturated carbocycles. The summed E-state index contributed by atoms with van der Waals surface area (Å²) in [5.41, 5.74) is 8.65. The molecule has 2 aliphatic carbocycles. The molecule has 0 saturated heterocycles. The minimum Gasteiger partial charge on any atom is -0.337 e. The van der Waals surface area contributed by atoms with Crippen LogP contribution in [0.15, 0.2) is 71.1 Å². The van der Waals surface area contributed by atoms with Crippen LogP contribution in [0.4, 0.5) is 17.6 Å². The molecular formula is C90H90F4N8O2S7. The fourth-order valence-corrected chi connectivity index (χ4v) is 25.6. The zero-order valence-electron chi connectivity index (χ0n) is 63.9. The minimum absolute atomic E-state index is 0.0128. The van der Waals surface area contributed by atoms with Gasteiger partial charge in [0.1, 0.15) is 11.0 Å². The van der Waals surface area contributed by atoms with Gasteiger partial charge in [0, 0.05) is 86.5 Å². The van der Waals surface area contributed by atoms with Crippen LogP contribution in [0.3, 0.4) is 0 Å². The van der Waals surface area contributed by atoms with Crippen molar-refractivity contribution in [2.75, 3.05) is 0 Å². The molecule has 10 nitrogen and oxygen atoms in total. The molecule has 14 rings (SSSR count). The molecule has 572 valence electrons. The molecule has 111 heavy (non-hydrogen) atoms. The van der Waals surface area contributed by atoms with Crippen molar-refractivity contribution in [3.63, 3.8) is 0 Å². The van der Waals surface area contributed by atoms with Crippen molar-refractivity contribution < 1.29 is 27.2 Å². The Kier molecular flexibility index (Phi) is 25.4. The van der Waals surface area contributed by atoms with E-state index < -0.39 is 34.8 Å². The number of nitrogens with zero attached hydrogens (tertiary/aromatic N) is 8. The van der Waals surface area contributed by atoms with E-state index in [9.17, 15) is 37.7 Å². The van der Waals surface area contributed by atoms with Gasteiger partial charge < -0.3 is 9.13 Å². The average Bonchev–Trinajstić information content (AvgIpc) is 1.50. The first-order chi connectivity index (χ1) is 54.2. The van der Waals surface area contributed by atoms with Gasteiger partial charge in [0.05, 0.1) is 87.3 Å². The summed E-state index contributed by atoms with van der Waals surface area (Å²) in [4.78, 5) is 41.3. The number of Topliss-reactive ketones (excluding diaryl/α,β-unsaturated/α-hetero) is 2. The van der Waals surface area contributed by atoms with E-state index in [-0.39, 0.29) is 55.9 Å². The summed E-state index contributed by atoms with van der Waals surface area (Å²) in [5.74, 6) is -5.09. The van der Waals surface area contributed by atoms with Crippen molar-refractivity contribution in [1.82, 2.24) is 17.9 Å². The number of carbonyl (C=O) groups excluding carboxylic acids is 2. The molecule has 0 radical (unpaired) electrons. The Labute approximate surface area is 675 Å². The van der Waals surface area contributed by atoms with E-state index in [1.807, 2.05) is 69.6 Å². The number of aryl methyl sites for hydroxylation is 2. The minimum atomic E-state index is -1.18. The van der Waals surface area contributed by atoms with Crippen molar-refractivity contribution in [3.8, 4) is 31.6 Å². The summed E-state index contributed by atoms with van der Waals surface area (Å²) in [6.45, 7) is 31.2. The van der Waals surface area contributed by atoms with Crippen LogP contribution in [-0.4, -0.2) is 29.4 Å². The smallest absolute Gasteiger partial charge is 0.270 e. The molecule has 12 aromatic rings. The number of benzene rings is 3. The molecule has 0 bridgehead atoms. The van der Waals surface area contributed by atoms with Gasteiger partial charge in [-0.05, 0) is 133 Å². The molecular weight excluding hydrogens is 1530 g/mol. The quantitative estimate of drug-likeness (QED) is 0.0127. The van der Waals surface area contributed by atoms with Crippen molar-refractivity contribution in [2.45, 2.75) is 234 Å². The predicted octanol–water partition coefficient (Wildman–Crippen LogP) is 29.9. The molecule has 0 aliphatic heterocycles. The SMILES string of the molecule is [C-]#[N+]/C(C#N)=C1\C(=C\c2ccc(-c3sc4c(sc5c6c7nsnc7c7c8sc9c(CCCCCCCCCCC)c(-c%10ccc(/C=C%11\C(=O)c%12cc(F)c(F)cc%12\C%11=C(\C#N)[N+]#[C-])s%10)sc9c8n(CC(CC)CCCC)c7c6n(CC(CC)CCCC)c45)c3CCCCCCCCCCC)s2)C(=O)c2cc(F)c(F)cc21. The number of carbonyl (C=O) groups is 2. The van der Waals surface area contributed by atoms with E-state index in [1.54, 1.807) is 12.2 Å². The fraction of sp³-hybridized carbons (Fsp3) is 0.422. The maximum absolute atomic E-state index is 15.0. The van der Waals surface area contributed by atoms with Gasteiger partial charge in [-0.2, -0.15) is 8.75 Å². The maximum Gasteiger partial charge on any atom is 0.270 e. The van der Waals surface area contributed by atoms with Crippen molar-refractivity contribution in [1.29, 1.82) is 10.5 Å². The van der Waals surface area contributed by atoms with Gasteiger partial charge >= 0.3 is 0 Å². The fourth-order valence-electron chi connectivity index (χ4n) is 16.9. The molecule has 2 atom stereocenters. The lowest BCUT2D eigenvalue weighted by molar-refractivity contribution is 0.103. The second-order valence-electron chi connectivity index (χ2n) is 30.0. The van der Waals surface area contributed by atoms with Gasteiger partial charge in [-0.25, -0.2) is 37.8 Å². The zero-order valence-corrected chi connectivity index (χ0v) is 69.6. The van der Waals surface area contributed by atoms with Crippen LogP contribution in [0.5, 0.6) is 0 Å². The third kappa shape index (κ3) is 15.2. The molecule has 9 heterocycles. The maximum atomic E-state index is 15.0. The first-order valence-electron chi connectivity index (χ1n) is 40.0. The van der Waals surface area contributed by atoms with Crippen LogP contribution < -0.4 is 0 Å². The molecule has 21 heteroatoms. The topological polar surface area (TPSA) is 126 Å². The number of rotatable bonds is 36. The van der Waals surface area contributed by atoms with E-state index in [0.29, 0.717) is 21.6 Å². The number of ketones is 2. The molecule has 9 aromatic heterocycles.